The summed E-state index contributed by atoms with van der Waals surface area (Å²) in [6.45, 7) is 0. The summed E-state index contributed by atoms with van der Waals surface area (Å²) in [4.78, 5) is 16.7. The largest absolute Gasteiger partial charge is 0.208 e. The SMILES string of the molecule is c1ccc(-c2cccc(-c3nc(-c4cccc5c4-c4ccccc4C54c5ccccc5-c5ccccc54)nc(-c4cccc5c4-c4ccccc4C54c5ccccc5-c5ccccc54)n3)c2)cc1. The predicted molar refractivity (Wildman–Crippen MR) is 274 cm³/mol. The quantitative estimate of drug-likeness (QED) is 0.177. The minimum atomic E-state index is -0.496. The van der Waals surface area contributed by atoms with E-state index in [-0.39, 0.29) is 0 Å². The normalized spacial score (nSPS) is 14.1. The van der Waals surface area contributed by atoms with Gasteiger partial charge in [-0.15, -0.1) is 0 Å². The van der Waals surface area contributed by atoms with E-state index in [0.29, 0.717) is 17.5 Å². The van der Waals surface area contributed by atoms with Gasteiger partial charge in [-0.3, -0.25) is 0 Å². The van der Waals surface area contributed by atoms with E-state index in [1.54, 1.807) is 0 Å². The van der Waals surface area contributed by atoms with Crippen molar-refractivity contribution in [1.82, 2.24) is 15.0 Å². The Morgan fingerprint density at radius 2 is 0.500 bits per heavy atom. The van der Waals surface area contributed by atoms with Crippen molar-refractivity contribution in [3.05, 3.63) is 281 Å². The maximum atomic E-state index is 5.67. The molecule has 0 fully saturated rings. The van der Waals surface area contributed by atoms with Gasteiger partial charge in [0.1, 0.15) is 0 Å². The molecule has 1 aromatic heterocycles. The zero-order chi connectivity index (χ0) is 44.6. The summed E-state index contributed by atoms with van der Waals surface area (Å²) >= 11 is 0. The monoisotopic (exact) mass is 861 g/mol. The number of rotatable bonds is 4. The van der Waals surface area contributed by atoms with Crippen LogP contribution in [-0.2, 0) is 10.8 Å². The van der Waals surface area contributed by atoms with Crippen molar-refractivity contribution in [2.75, 3.05) is 0 Å². The molecule has 4 aliphatic rings. The first kappa shape index (κ1) is 37.4. The highest BCUT2D eigenvalue weighted by molar-refractivity contribution is 6.01. The molecule has 0 saturated carbocycles. The Hall–Kier alpha value is -8.79. The predicted octanol–water partition coefficient (Wildman–Crippen LogP) is 15.2. The van der Waals surface area contributed by atoms with Crippen LogP contribution in [0.1, 0.15) is 44.5 Å². The maximum Gasteiger partial charge on any atom is 0.164 e. The fourth-order valence-corrected chi connectivity index (χ4v) is 12.9. The first-order chi connectivity index (χ1) is 33.7. The van der Waals surface area contributed by atoms with E-state index >= 15 is 0 Å². The van der Waals surface area contributed by atoms with Gasteiger partial charge in [0.25, 0.3) is 0 Å². The van der Waals surface area contributed by atoms with Gasteiger partial charge in [-0.25, -0.2) is 15.0 Å². The smallest absolute Gasteiger partial charge is 0.164 e. The highest BCUT2D eigenvalue weighted by Crippen LogP contribution is 2.65. The fraction of sp³-hybridized carbons (Fsp3) is 0.0308. The van der Waals surface area contributed by atoms with Crippen molar-refractivity contribution in [2.24, 2.45) is 0 Å². The van der Waals surface area contributed by atoms with E-state index in [1.165, 1.54) is 77.9 Å². The first-order valence-corrected chi connectivity index (χ1v) is 23.5. The molecule has 0 radical (unpaired) electrons. The highest BCUT2D eigenvalue weighted by atomic mass is 15.0. The summed E-state index contributed by atoms with van der Waals surface area (Å²) in [7, 11) is 0. The zero-order valence-corrected chi connectivity index (χ0v) is 36.9. The molecule has 10 aromatic carbocycles. The van der Waals surface area contributed by atoms with E-state index in [4.69, 9.17) is 15.0 Å². The standard InChI is InChI=1S/C65H39N3/c1-2-19-40(20-3-1)41-21-16-22-42(39-41)61-66-62(49-29-17-37-57-59(49)47-27-8-14-35-55(47)64(57)51-31-10-4-23-43(51)44-24-5-11-32-52(44)64)68-63(67-61)50-30-18-38-58-60(50)48-28-9-15-36-56(48)65(58)53-33-12-6-25-45(53)46-26-7-13-34-54(46)65/h1-39H. The second-order valence-electron chi connectivity index (χ2n) is 18.5. The van der Waals surface area contributed by atoms with Crippen molar-refractivity contribution in [3.63, 3.8) is 0 Å². The van der Waals surface area contributed by atoms with Gasteiger partial charge >= 0.3 is 0 Å². The number of nitrogens with zero attached hydrogens (tertiary/aromatic N) is 3. The zero-order valence-electron chi connectivity index (χ0n) is 36.9. The van der Waals surface area contributed by atoms with Crippen LogP contribution in [0.4, 0.5) is 0 Å². The molecule has 11 aromatic rings. The molecule has 0 N–H and O–H groups in total. The summed E-state index contributed by atoms with van der Waals surface area (Å²) < 4.78 is 0. The van der Waals surface area contributed by atoms with Gasteiger partial charge in [0.15, 0.2) is 17.5 Å². The van der Waals surface area contributed by atoms with E-state index in [1.807, 2.05) is 0 Å². The fourth-order valence-electron chi connectivity index (χ4n) is 12.9. The summed E-state index contributed by atoms with van der Waals surface area (Å²) in [5, 5.41) is 0. The number of aromatic nitrogens is 3. The number of hydrogen-bond acceptors (Lipinski definition) is 3. The van der Waals surface area contributed by atoms with Crippen LogP contribution in [0.15, 0.2) is 237 Å². The van der Waals surface area contributed by atoms with E-state index in [2.05, 4.69) is 237 Å². The molecule has 0 unspecified atom stereocenters. The van der Waals surface area contributed by atoms with Crippen molar-refractivity contribution >= 4 is 0 Å². The lowest BCUT2D eigenvalue weighted by Crippen LogP contribution is -2.25. The molecule has 1 heterocycles. The van der Waals surface area contributed by atoms with Gasteiger partial charge in [0.2, 0.25) is 0 Å². The molecule has 0 saturated heterocycles. The molecule has 3 nitrogen and oxygen atoms in total. The minimum absolute atomic E-state index is 0.496. The van der Waals surface area contributed by atoms with Crippen LogP contribution in [0.25, 0.3) is 89.8 Å². The average Bonchev–Trinajstić information content (AvgIpc) is 4.10. The van der Waals surface area contributed by atoms with Gasteiger partial charge in [0.05, 0.1) is 10.8 Å². The molecule has 3 heteroatoms. The van der Waals surface area contributed by atoms with Crippen LogP contribution >= 0.6 is 0 Å². The highest BCUT2D eigenvalue weighted by Gasteiger charge is 2.54. The second kappa shape index (κ2) is 13.9. The summed E-state index contributed by atoms with van der Waals surface area (Å²) in [5.41, 5.74) is 24.3. The maximum absolute atomic E-state index is 5.67. The molecular formula is C65H39N3. The van der Waals surface area contributed by atoms with Crippen molar-refractivity contribution < 1.29 is 0 Å². The molecule has 0 bridgehead atoms. The van der Waals surface area contributed by atoms with Gasteiger partial charge in [-0.1, -0.05) is 231 Å². The average molecular weight is 862 g/mol. The van der Waals surface area contributed by atoms with Crippen LogP contribution in [0.3, 0.4) is 0 Å². The third-order valence-corrected chi connectivity index (χ3v) is 15.4. The Bertz CT molecular complexity index is 3640. The number of benzene rings is 10. The topological polar surface area (TPSA) is 38.7 Å². The Morgan fingerprint density at radius 1 is 0.206 bits per heavy atom. The van der Waals surface area contributed by atoms with E-state index < -0.39 is 10.8 Å². The summed E-state index contributed by atoms with van der Waals surface area (Å²) in [5.74, 6) is 1.93. The van der Waals surface area contributed by atoms with E-state index in [9.17, 15) is 0 Å². The van der Waals surface area contributed by atoms with Crippen molar-refractivity contribution in [1.29, 1.82) is 0 Å². The summed E-state index contributed by atoms with van der Waals surface area (Å²) in [6, 6.07) is 86.5. The second-order valence-corrected chi connectivity index (χ2v) is 18.5. The molecule has 2 spiro atoms. The Labute approximate surface area is 394 Å². The van der Waals surface area contributed by atoms with Crippen LogP contribution in [0, 0.1) is 0 Å². The first-order valence-electron chi connectivity index (χ1n) is 23.5. The third kappa shape index (κ3) is 4.74. The van der Waals surface area contributed by atoms with Crippen LogP contribution < -0.4 is 0 Å². The van der Waals surface area contributed by atoms with Gasteiger partial charge in [-0.2, -0.15) is 0 Å². The minimum Gasteiger partial charge on any atom is -0.208 e. The van der Waals surface area contributed by atoms with Gasteiger partial charge in [0, 0.05) is 16.7 Å². The lowest BCUT2D eigenvalue weighted by molar-refractivity contribution is 0.793. The molecule has 0 amide bonds. The van der Waals surface area contributed by atoms with Crippen LogP contribution in [0.2, 0.25) is 0 Å². The van der Waals surface area contributed by atoms with E-state index in [0.717, 1.165) is 38.9 Å². The van der Waals surface area contributed by atoms with Gasteiger partial charge < -0.3 is 0 Å². The van der Waals surface area contributed by atoms with Crippen molar-refractivity contribution in [3.8, 4) is 89.8 Å². The number of hydrogen-bond donors (Lipinski definition) is 0. The molecule has 68 heavy (non-hydrogen) atoms. The summed E-state index contributed by atoms with van der Waals surface area (Å²) in [6.07, 6.45) is 0. The number of fused-ring (bicyclic) bond motifs is 20. The van der Waals surface area contributed by atoms with Crippen LogP contribution in [0.5, 0.6) is 0 Å². The lowest BCUT2D eigenvalue weighted by Gasteiger charge is -2.30. The molecule has 0 aliphatic heterocycles. The Balaban J connectivity index is 1.02. The van der Waals surface area contributed by atoms with Gasteiger partial charge in [-0.05, 0) is 106 Å². The van der Waals surface area contributed by atoms with Crippen molar-refractivity contribution in [2.45, 2.75) is 10.8 Å². The molecule has 0 atom stereocenters. The molecular weight excluding hydrogens is 823 g/mol. The Kier molecular flexibility index (Phi) is 7.63. The third-order valence-electron chi connectivity index (χ3n) is 15.4. The molecule has 15 rings (SSSR count). The molecule has 4 aliphatic carbocycles. The lowest BCUT2D eigenvalue weighted by atomic mass is 9.70. The van der Waals surface area contributed by atoms with Crippen LogP contribution in [-0.4, -0.2) is 15.0 Å². The molecule has 314 valence electrons. The Morgan fingerprint density at radius 3 is 0.941 bits per heavy atom.